The van der Waals surface area contributed by atoms with E-state index in [1.165, 1.54) is 11.1 Å². The molecule has 34 heavy (non-hydrogen) atoms. The van der Waals surface area contributed by atoms with Gasteiger partial charge in [-0.1, -0.05) is 78.9 Å². The Labute approximate surface area is 226 Å². The summed E-state index contributed by atoms with van der Waals surface area (Å²) in [6, 6.07) is 29.5. The minimum absolute atomic E-state index is 0.742. The van der Waals surface area contributed by atoms with Gasteiger partial charge in [0.1, 0.15) is 27.2 Å². The SMILES string of the molecule is C[n+]1nn(Cc2ccccc2)c(I)c1-c1cccc(-c2c(I)n(Cc3ccccc3)n[n+]2C)c1. The monoisotopic (exact) mass is 674 g/mol. The van der Waals surface area contributed by atoms with Gasteiger partial charge in [-0.15, -0.1) is 18.7 Å². The fourth-order valence-electron chi connectivity index (χ4n) is 4.14. The fraction of sp³-hybridized carbons (Fsp3) is 0.154. The van der Waals surface area contributed by atoms with Crippen LogP contribution < -0.4 is 9.36 Å². The van der Waals surface area contributed by atoms with Gasteiger partial charge in [-0.2, -0.15) is 0 Å². The van der Waals surface area contributed by atoms with Gasteiger partial charge in [0.15, 0.2) is 0 Å². The fourth-order valence-corrected chi connectivity index (χ4v) is 6.00. The average molecular weight is 674 g/mol. The lowest BCUT2D eigenvalue weighted by atomic mass is 10.1. The van der Waals surface area contributed by atoms with E-state index in [2.05, 4.69) is 127 Å². The summed E-state index contributed by atoms with van der Waals surface area (Å²) in [5, 5.41) is 9.55. The molecule has 0 amide bonds. The molecule has 0 bridgehead atoms. The lowest BCUT2D eigenvalue weighted by Crippen LogP contribution is -2.34. The predicted molar refractivity (Wildman–Crippen MR) is 148 cm³/mol. The maximum absolute atomic E-state index is 4.77. The largest absolute Gasteiger partial charge is 0.235 e. The average Bonchev–Trinajstić information content (AvgIpc) is 3.28. The first-order valence-electron chi connectivity index (χ1n) is 10.9. The highest BCUT2D eigenvalue weighted by molar-refractivity contribution is 14.1. The molecule has 0 aliphatic carbocycles. The Morgan fingerprint density at radius 2 is 1.03 bits per heavy atom. The van der Waals surface area contributed by atoms with E-state index in [4.69, 9.17) is 10.4 Å². The van der Waals surface area contributed by atoms with Crippen molar-refractivity contribution in [2.24, 2.45) is 14.1 Å². The lowest BCUT2D eigenvalue weighted by Gasteiger charge is -2.02. The normalized spacial score (nSPS) is 11.2. The molecule has 0 N–H and O–H groups in total. The maximum Gasteiger partial charge on any atom is 0.235 e. The van der Waals surface area contributed by atoms with Crippen LogP contribution in [-0.4, -0.2) is 19.8 Å². The minimum Gasteiger partial charge on any atom is -0.131 e. The van der Waals surface area contributed by atoms with E-state index >= 15 is 0 Å². The van der Waals surface area contributed by atoms with E-state index in [9.17, 15) is 0 Å². The molecule has 8 heteroatoms. The van der Waals surface area contributed by atoms with E-state index in [0.717, 1.165) is 43.0 Å². The van der Waals surface area contributed by atoms with Crippen LogP contribution in [0.4, 0.5) is 0 Å². The molecule has 3 aromatic carbocycles. The van der Waals surface area contributed by atoms with Crippen LogP contribution in [0.1, 0.15) is 11.1 Å². The molecule has 0 aliphatic rings. The van der Waals surface area contributed by atoms with Gasteiger partial charge in [-0.3, -0.25) is 0 Å². The van der Waals surface area contributed by atoms with Crippen LogP contribution in [0.2, 0.25) is 0 Å². The van der Waals surface area contributed by atoms with Gasteiger partial charge in [0.25, 0.3) is 0 Å². The maximum atomic E-state index is 4.77. The lowest BCUT2D eigenvalue weighted by molar-refractivity contribution is -0.722. The standard InChI is InChI=1S/C26H24I2N6/c1-31-23(25(27)33(29-31)17-19-10-5-3-6-11-19)21-14-9-15-22(16-21)24-26(28)34(30-32(24)2)18-20-12-7-4-8-13-20/h3-16H,17-18H2,1-2H3/q+2. The van der Waals surface area contributed by atoms with E-state index in [1.807, 2.05) is 35.6 Å². The summed E-state index contributed by atoms with van der Waals surface area (Å²) >= 11 is 4.81. The number of aryl methyl sites for hydroxylation is 2. The first-order chi connectivity index (χ1) is 16.5. The van der Waals surface area contributed by atoms with Gasteiger partial charge in [0.05, 0.1) is 10.4 Å². The molecular formula is C26H24I2N6+2. The zero-order chi connectivity index (χ0) is 23.7. The second kappa shape index (κ2) is 9.95. The molecule has 0 spiro atoms. The molecule has 0 radical (unpaired) electrons. The Morgan fingerprint density at radius 1 is 0.618 bits per heavy atom. The molecule has 0 aliphatic heterocycles. The third-order valence-corrected chi connectivity index (χ3v) is 7.87. The first-order valence-corrected chi connectivity index (χ1v) is 13.1. The topological polar surface area (TPSA) is 43.4 Å². The van der Waals surface area contributed by atoms with Crippen LogP contribution in [0.15, 0.2) is 84.9 Å². The van der Waals surface area contributed by atoms with Crippen molar-refractivity contribution in [2.75, 3.05) is 0 Å². The summed E-state index contributed by atoms with van der Waals surface area (Å²) in [6.07, 6.45) is 0. The summed E-state index contributed by atoms with van der Waals surface area (Å²) < 4.78 is 10.3. The van der Waals surface area contributed by atoms with Crippen LogP contribution >= 0.6 is 45.2 Å². The summed E-state index contributed by atoms with van der Waals surface area (Å²) in [4.78, 5) is 0. The Bertz CT molecular complexity index is 1330. The second-order valence-electron chi connectivity index (χ2n) is 8.17. The highest BCUT2D eigenvalue weighted by Crippen LogP contribution is 2.28. The molecule has 0 atom stereocenters. The Morgan fingerprint density at radius 3 is 1.44 bits per heavy atom. The van der Waals surface area contributed by atoms with E-state index in [1.54, 1.807) is 0 Å². The first kappa shape index (κ1) is 23.2. The number of rotatable bonds is 6. The van der Waals surface area contributed by atoms with E-state index < -0.39 is 0 Å². The zero-order valence-electron chi connectivity index (χ0n) is 18.9. The smallest absolute Gasteiger partial charge is 0.131 e. The summed E-state index contributed by atoms with van der Waals surface area (Å²) in [5.41, 5.74) is 6.94. The van der Waals surface area contributed by atoms with Crippen molar-refractivity contribution >= 4 is 45.2 Å². The van der Waals surface area contributed by atoms with Gasteiger partial charge in [0, 0.05) is 56.3 Å². The Hall–Kier alpha value is -2.60. The summed E-state index contributed by atoms with van der Waals surface area (Å²) in [7, 11) is 4.01. The van der Waals surface area contributed by atoms with Crippen LogP contribution in [0.3, 0.4) is 0 Å². The predicted octanol–water partition coefficient (Wildman–Crippen LogP) is 4.37. The van der Waals surface area contributed by atoms with Crippen molar-refractivity contribution in [3.05, 3.63) is 103 Å². The number of halogens is 2. The van der Waals surface area contributed by atoms with Crippen LogP contribution in [0.5, 0.6) is 0 Å². The zero-order valence-corrected chi connectivity index (χ0v) is 23.3. The van der Waals surface area contributed by atoms with Crippen molar-refractivity contribution < 1.29 is 9.36 Å². The summed E-state index contributed by atoms with van der Waals surface area (Å²) in [5.74, 6) is 0. The van der Waals surface area contributed by atoms with E-state index in [-0.39, 0.29) is 0 Å². The van der Waals surface area contributed by atoms with Crippen molar-refractivity contribution in [3.63, 3.8) is 0 Å². The van der Waals surface area contributed by atoms with Crippen LogP contribution in [0, 0.1) is 7.40 Å². The van der Waals surface area contributed by atoms with Crippen LogP contribution in [0.25, 0.3) is 22.5 Å². The molecule has 2 heterocycles. The van der Waals surface area contributed by atoms with Gasteiger partial charge in [-0.05, 0) is 17.2 Å². The third-order valence-electron chi connectivity index (χ3n) is 5.74. The molecule has 2 aromatic heterocycles. The molecule has 0 unspecified atom stereocenters. The second-order valence-corrected chi connectivity index (χ2v) is 10.2. The van der Waals surface area contributed by atoms with Gasteiger partial charge < -0.3 is 0 Å². The molecule has 0 saturated carbocycles. The highest BCUT2D eigenvalue weighted by Gasteiger charge is 2.26. The Balaban J connectivity index is 1.50. The molecule has 0 saturated heterocycles. The van der Waals surface area contributed by atoms with Gasteiger partial charge >= 0.3 is 0 Å². The van der Waals surface area contributed by atoms with Crippen molar-refractivity contribution in [2.45, 2.75) is 13.1 Å². The number of nitrogens with zero attached hydrogens (tertiary/aromatic N) is 6. The molecular weight excluding hydrogens is 650 g/mol. The number of aromatic nitrogens is 6. The van der Waals surface area contributed by atoms with Crippen molar-refractivity contribution in [3.8, 4) is 22.5 Å². The quantitative estimate of drug-likeness (QED) is 0.199. The third kappa shape index (κ3) is 4.65. The molecule has 6 nitrogen and oxygen atoms in total. The summed E-state index contributed by atoms with van der Waals surface area (Å²) in [6.45, 7) is 1.48. The van der Waals surface area contributed by atoms with E-state index in [0.29, 0.717) is 0 Å². The number of hydrogen-bond acceptors (Lipinski definition) is 2. The van der Waals surface area contributed by atoms with Gasteiger partial charge in [0.2, 0.25) is 18.8 Å². The molecule has 170 valence electrons. The van der Waals surface area contributed by atoms with Gasteiger partial charge in [-0.25, -0.2) is 0 Å². The number of benzene rings is 3. The Kier molecular flexibility index (Phi) is 6.77. The molecule has 5 aromatic rings. The van der Waals surface area contributed by atoms with Crippen molar-refractivity contribution in [1.82, 2.24) is 19.8 Å². The van der Waals surface area contributed by atoms with Crippen LogP contribution in [-0.2, 0) is 27.2 Å². The molecule has 5 rings (SSSR count). The minimum atomic E-state index is 0.742. The number of hydrogen-bond donors (Lipinski definition) is 0. The molecule has 0 fully saturated rings. The highest BCUT2D eigenvalue weighted by atomic mass is 127. The van der Waals surface area contributed by atoms with Crippen molar-refractivity contribution in [1.29, 1.82) is 0 Å².